The van der Waals surface area contributed by atoms with Crippen molar-refractivity contribution in [3.8, 4) is 11.5 Å². The van der Waals surface area contributed by atoms with E-state index >= 15 is 0 Å². The third kappa shape index (κ3) is 5.57. The molecular formula is C29H35ClN2O5. The number of nitrogens with one attached hydrogen (secondary N) is 1. The van der Waals surface area contributed by atoms with Crippen molar-refractivity contribution in [1.29, 1.82) is 0 Å². The van der Waals surface area contributed by atoms with Crippen molar-refractivity contribution in [2.75, 3.05) is 16.8 Å². The van der Waals surface area contributed by atoms with Crippen LogP contribution in [0.15, 0.2) is 47.7 Å². The zero-order valence-corrected chi connectivity index (χ0v) is 22.8. The van der Waals surface area contributed by atoms with Gasteiger partial charge in [-0.25, -0.2) is 4.79 Å². The molecule has 1 aliphatic heterocycles. The first kappa shape index (κ1) is 26.9. The molecule has 2 aromatic rings. The van der Waals surface area contributed by atoms with E-state index in [0.29, 0.717) is 58.4 Å². The minimum atomic E-state index is -0.863. The number of carbonyl (C=O) groups excluding carboxylic acids is 2. The van der Waals surface area contributed by atoms with Crippen molar-refractivity contribution in [2.24, 2.45) is 5.41 Å². The van der Waals surface area contributed by atoms with Crippen LogP contribution in [0.2, 0.25) is 5.02 Å². The molecule has 0 radical (unpaired) electrons. The van der Waals surface area contributed by atoms with E-state index in [1.165, 1.54) is 4.90 Å². The summed E-state index contributed by atoms with van der Waals surface area (Å²) in [4.78, 5) is 28.9. The SMILES string of the molecule is CCCCOc1ccc(C2C3=C(CC(C)(C)CC3=O)Nc3c(O)cccc3N2C(=O)OC(C)C)c(Cl)c1. The van der Waals surface area contributed by atoms with Crippen LogP contribution in [0.25, 0.3) is 0 Å². The van der Waals surface area contributed by atoms with E-state index in [9.17, 15) is 14.7 Å². The number of phenolic OH excluding ortho intramolecular Hbond substituents is 1. The number of phenols is 1. The van der Waals surface area contributed by atoms with Gasteiger partial charge in [-0.3, -0.25) is 9.69 Å². The van der Waals surface area contributed by atoms with Gasteiger partial charge < -0.3 is 19.9 Å². The van der Waals surface area contributed by atoms with Crippen molar-refractivity contribution in [3.63, 3.8) is 0 Å². The molecule has 198 valence electrons. The molecule has 0 bridgehead atoms. The molecule has 2 aromatic carbocycles. The number of amides is 1. The zero-order valence-electron chi connectivity index (χ0n) is 22.1. The summed E-state index contributed by atoms with van der Waals surface area (Å²) in [6.45, 7) is 10.3. The molecule has 0 saturated heterocycles. The second-order valence-electron chi connectivity index (χ2n) is 10.7. The van der Waals surface area contributed by atoms with Crippen LogP contribution >= 0.6 is 11.6 Å². The standard InChI is InChI=1S/C29H35ClN2O5/c1-6-7-13-36-18-11-12-19(20(30)14-18)27-25-21(15-29(4,5)16-24(25)34)31-26-22(9-8-10-23(26)33)32(27)28(35)37-17(2)3/h8-12,14,17,27,31,33H,6-7,13,15-16H2,1-5H3. The van der Waals surface area contributed by atoms with Crippen molar-refractivity contribution >= 4 is 34.9 Å². The Bertz CT molecular complexity index is 1240. The average Bonchev–Trinajstić information content (AvgIpc) is 2.93. The van der Waals surface area contributed by atoms with E-state index in [2.05, 4.69) is 12.2 Å². The Morgan fingerprint density at radius 2 is 2.00 bits per heavy atom. The lowest BCUT2D eigenvalue weighted by Gasteiger charge is -2.37. The molecule has 4 rings (SSSR count). The average molecular weight is 527 g/mol. The topological polar surface area (TPSA) is 88.1 Å². The van der Waals surface area contributed by atoms with E-state index in [4.69, 9.17) is 21.1 Å². The molecule has 1 aliphatic carbocycles. The maximum absolute atomic E-state index is 13.8. The van der Waals surface area contributed by atoms with Crippen LogP contribution in [0.5, 0.6) is 11.5 Å². The number of unbranched alkanes of at least 4 members (excludes halogenated alkanes) is 1. The Kier molecular flexibility index (Phi) is 7.74. The number of rotatable bonds is 6. The van der Waals surface area contributed by atoms with Gasteiger partial charge in [-0.05, 0) is 61.9 Å². The summed E-state index contributed by atoms with van der Waals surface area (Å²) < 4.78 is 11.5. The van der Waals surface area contributed by atoms with Gasteiger partial charge in [0.2, 0.25) is 0 Å². The molecule has 1 amide bonds. The van der Waals surface area contributed by atoms with Crippen molar-refractivity contribution in [3.05, 3.63) is 58.3 Å². The largest absolute Gasteiger partial charge is 0.506 e. The third-order valence-corrected chi connectivity index (χ3v) is 6.90. The summed E-state index contributed by atoms with van der Waals surface area (Å²) in [5.41, 5.74) is 2.12. The number of carbonyl (C=O) groups is 2. The molecule has 1 unspecified atom stereocenters. The first-order chi connectivity index (χ1) is 17.5. The van der Waals surface area contributed by atoms with Crippen LogP contribution in [0.4, 0.5) is 16.2 Å². The quantitative estimate of drug-likeness (QED) is 0.301. The molecule has 1 heterocycles. The molecule has 1 atom stereocenters. The number of halogens is 1. The molecule has 7 nitrogen and oxygen atoms in total. The number of ether oxygens (including phenoxy) is 2. The van der Waals surface area contributed by atoms with E-state index in [-0.39, 0.29) is 16.9 Å². The number of hydrogen-bond acceptors (Lipinski definition) is 6. The monoisotopic (exact) mass is 526 g/mol. The number of para-hydroxylation sites is 1. The number of nitrogens with zero attached hydrogens (tertiary/aromatic N) is 1. The maximum Gasteiger partial charge on any atom is 0.415 e. The fourth-order valence-corrected chi connectivity index (χ4v) is 5.22. The van der Waals surface area contributed by atoms with Crippen LogP contribution in [0, 0.1) is 5.41 Å². The van der Waals surface area contributed by atoms with Gasteiger partial charge in [0.15, 0.2) is 5.78 Å². The predicted octanol–water partition coefficient (Wildman–Crippen LogP) is 7.39. The molecule has 0 fully saturated rings. The molecule has 2 N–H and O–H groups in total. The van der Waals surface area contributed by atoms with E-state index in [0.717, 1.165) is 12.8 Å². The second-order valence-corrected chi connectivity index (χ2v) is 11.1. The number of allylic oxidation sites excluding steroid dienone is 1. The third-order valence-electron chi connectivity index (χ3n) is 6.57. The molecule has 0 saturated carbocycles. The van der Waals surface area contributed by atoms with Gasteiger partial charge in [-0.2, -0.15) is 0 Å². The van der Waals surface area contributed by atoms with Crippen LogP contribution in [-0.4, -0.2) is 29.7 Å². The van der Waals surface area contributed by atoms with E-state index < -0.39 is 18.2 Å². The highest BCUT2D eigenvalue weighted by Crippen LogP contribution is 2.51. The Morgan fingerprint density at radius 1 is 1.24 bits per heavy atom. The highest BCUT2D eigenvalue weighted by molar-refractivity contribution is 6.31. The minimum absolute atomic E-state index is 0.0334. The Morgan fingerprint density at radius 3 is 2.68 bits per heavy atom. The van der Waals surface area contributed by atoms with Gasteiger partial charge in [0.05, 0.1) is 24.4 Å². The lowest BCUT2D eigenvalue weighted by molar-refractivity contribution is -0.118. The van der Waals surface area contributed by atoms with Gasteiger partial charge >= 0.3 is 6.09 Å². The fraction of sp³-hybridized carbons (Fsp3) is 0.448. The lowest BCUT2D eigenvalue weighted by Crippen LogP contribution is -2.40. The van der Waals surface area contributed by atoms with Gasteiger partial charge in [0, 0.05) is 22.7 Å². The predicted molar refractivity (Wildman–Crippen MR) is 145 cm³/mol. The smallest absolute Gasteiger partial charge is 0.415 e. The Balaban J connectivity index is 1.95. The Hall–Kier alpha value is -3.19. The summed E-state index contributed by atoms with van der Waals surface area (Å²) in [5.74, 6) is 0.500. The van der Waals surface area contributed by atoms with Gasteiger partial charge in [0.25, 0.3) is 0 Å². The fourth-order valence-electron chi connectivity index (χ4n) is 4.95. The number of ketones is 1. The molecule has 8 heteroatoms. The maximum atomic E-state index is 13.8. The zero-order chi connectivity index (χ0) is 26.9. The van der Waals surface area contributed by atoms with Gasteiger partial charge in [0.1, 0.15) is 17.2 Å². The summed E-state index contributed by atoms with van der Waals surface area (Å²) in [5, 5.41) is 14.5. The number of hydrogen-bond donors (Lipinski definition) is 2. The number of anilines is 2. The Labute approximate surface area is 223 Å². The number of benzene rings is 2. The summed E-state index contributed by atoms with van der Waals surface area (Å²) in [6, 6.07) is 9.39. The summed E-state index contributed by atoms with van der Waals surface area (Å²) in [7, 11) is 0. The molecule has 0 spiro atoms. The lowest BCUT2D eigenvalue weighted by atomic mass is 9.73. The highest BCUT2D eigenvalue weighted by Gasteiger charge is 2.45. The summed E-state index contributed by atoms with van der Waals surface area (Å²) >= 11 is 6.84. The number of aromatic hydroxyl groups is 1. The molecule has 0 aromatic heterocycles. The van der Waals surface area contributed by atoms with Crippen molar-refractivity contribution < 1.29 is 24.2 Å². The van der Waals surface area contributed by atoms with Crippen LogP contribution in [0.1, 0.15) is 71.9 Å². The van der Waals surface area contributed by atoms with Crippen LogP contribution < -0.4 is 15.0 Å². The van der Waals surface area contributed by atoms with E-state index in [1.807, 2.05) is 19.9 Å². The van der Waals surface area contributed by atoms with Crippen molar-refractivity contribution in [2.45, 2.75) is 72.4 Å². The first-order valence-electron chi connectivity index (χ1n) is 12.8. The summed E-state index contributed by atoms with van der Waals surface area (Å²) in [6.07, 6.45) is 1.76. The van der Waals surface area contributed by atoms with Crippen LogP contribution in [-0.2, 0) is 9.53 Å². The van der Waals surface area contributed by atoms with Crippen LogP contribution in [0.3, 0.4) is 0 Å². The number of fused-ring (bicyclic) bond motifs is 1. The molecule has 37 heavy (non-hydrogen) atoms. The highest BCUT2D eigenvalue weighted by atomic mass is 35.5. The van der Waals surface area contributed by atoms with Gasteiger partial charge in [-0.15, -0.1) is 0 Å². The molecular weight excluding hydrogens is 492 g/mol. The van der Waals surface area contributed by atoms with Crippen molar-refractivity contribution in [1.82, 2.24) is 0 Å². The first-order valence-corrected chi connectivity index (χ1v) is 13.2. The van der Waals surface area contributed by atoms with Gasteiger partial charge in [-0.1, -0.05) is 50.9 Å². The second kappa shape index (κ2) is 10.7. The number of Topliss-reactive ketones (excluding diaryl/α,β-unsaturated/α-hetero) is 1. The normalized spacial score (nSPS) is 18.6. The molecule has 2 aliphatic rings. The minimum Gasteiger partial charge on any atom is -0.506 e. The van der Waals surface area contributed by atoms with E-state index in [1.54, 1.807) is 44.2 Å².